The Hall–Kier alpha value is -3.78. The molecule has 1 unspecified atom stereocenters. The highest BCUT2D eigenvalue weighted by Gasteiger charge is 2.44. The van der Waals surface area contributed by atoms with Crippen molar-refractivity contribution >= 4 is 21.5 Å². The van der Waals surface area contributed by atoms with Gasteiger partial charge in [-0.2, -0.15) is 0 Å². The van der Waals surface area contributed by atoms with Gasteiger partial charge in [-0.15, -0.1) is 0 Å². The minimum Gasteiger partial charge on any atom is -0.453 e. The van der Waals surface area contributed by atoms with Crippen molar-refractivity contribution in [2.45, 2.75) is 37.9 Å². The first-order valence-corrected chi connectivity index (χ1v) is 12.2. The Bertz CT molecular complexity index is 1480. The second-order valence-corrected chi connectivity index (χ2v) is 9.82. The fraction of sp³-hybridized carbons (Fsp3) is 0.188. The molecule has 0 N–H and O–H groups in total. The number of hydrogen-bond acceptors (Lipinski definition) is 2. The maximum atomic E-state index is 6.87. The average Bonchev–Trinajstić information content (AvgIpc) is 3.07. The summed E-state index contributed by atoms with van der Waals surface area (Å²) in [6.45, 7) is 2.31. The van der Waals surface area contributed by atoms with E-state index in [-0.39, 0.29) is 5.41 Å². The first-order valence-electron chi connectivity index (χ1n) is 12.2. The third kappa shape index (κ3) is 2.81. The van der Waals surface area contributed by atoms with E-state index in [1.807, 2.05) is 0 Å². The highest BCUT2D eigenvalue weighted by atomic mass is 16.7. The van der Waals surface area contributed by atoms with Crippen molar-refractivity contribution in [3.63, 3.8) is 0 Å². The third-order valence-electron chi connectivity index (χ3n) is 7.79. The number of benzene rings is 5. The van der Waals surface area contributed by atoms with Crippen LogP contribution >= 0.6 is 0 Å². The maximum Gasteiger partial charge on any atom is 0.250 e. The smallest absolute Gasteiger partial charge is 0.250 e. The molecule has 0 saturated heterocycles. The van der Waals surface area contributed by atoms with E-state index in [0.29, 0.717) is 0 Å². The number of rotatable bonds is 1. The fourth-order valence-corrected chi connectivity index (χ4v) is 6.05. The van der Waals surface area contributed by atoms with Gasteiger partial charge in [-0.1, -0.05) is 84.9 Å². The monoisotopic (exact) mass is 442 g/mol. The molecule has 1 aliphatic heterocycles. The molecule has 1 atom stereocenters. The second-order valence-electron chi connectivity index (χ2n) is 9.82. The van der Waals surface area contributed by atoms with Gasteiger partial charge in [0.1, 0.15) is 11.5 Å². The van der Waals surface area contributed by atoms with E-state index in [1.165, 1.54) is 32.7 Å². The number of fused-ring (bicyclic) bond motifs is 8. The Morgan fingerprint density at radius 1 is 0.647 bits per heavy atom. The summed E-state index contributed by atoms with van der Waals surface area (Å²) < 4.78 is 13.7. The lowest BCUT2D eigenvalue weighted by Gasteiger charge is -2.41. The molecule has 34 heavy (non-hydrogen) atoms. The van der Waals surface area contributed by atoms with Crippen LogP contribution in [-0.4, -0.2) is 6.29 Å². The van der Waals surface area contributed by atoms with Crippen LogP contribution in [0.5, 0.6) is 11.5 Å². The summed E-state index contributed by atoms with van der Waals surface area (Å²) in [6.07, 6.45) is 2.85. The van der Waals surface area contributed by atoms with Crippen LogP contribution in [0.3, 0.4) is 0 Å². The van der Waals surface area contributed by atoms with Crippen LogP contribution in [0.15, 0.2) is 97.1 Å². The predicted octanol–water partition coefficient (Wildman–Crippen LogP) is 8.05. The highest BCUT2D eigenvalue weighted by Crippen LogP contribution is 2.51. The number of aryl methyl sites for hydroxylation is 1. The van der Waals surface area contributed by atoms with Gasteiger partial charge in [0.25, 0.3) is 0 Å². The van der Waals surface area contributed by atoms with Gasteiger partial charge in [0.15, 0.2) is 0 Å². The Morgan fingerprint density at radius 2 is 1.21 bits per heavy atom. The van der Waals surface area contributed by atoms with Gasteiger partial charge in [-0.25, -0.2) is 0 Å². The molecule has 7 rings (SSSR count). The molecule has 5 aromatic rings. The molecule has 5 aromatic carbocycles. The lowest BCUT2D eigenvalue weighted by molar-refractivity contribution is -0.0558. The maximum absolute atomic E-state index is 6.87. The van der Waals surface area contributed by atoms with Crippen molar-refractivity contribution in [3.05, 3.63) is 108 Å². The van der Waals surface area contributed by atoms with Crippen molar-refractivity contribution in [2.24, 2.45) is 0 Å². The van der Waals surface area contributed by atoms with Crippen LogP contribution in [0.4, 0.5) is 0 Å². The van der Waals surface area contributed by atoms with E-state index in [2.05, 4.69) is 104 Å². The van der Waals surface area contributed by atoms with Crippen LogP contribution in [0.25, 0.3) is 32.7 Å². The average molecular weight is 443 g/mol. The molecule has 2 heteroatoms. The molecule has 0 amide bonds. The SMILES string of the molecule is CC1(C2Oc3ccc4ccccc4c3-c3c(ccc4ccccc34)O2)CCCc2ccccc21. The van der Waals surface area contributed by atoms with E-state index >= 15 is 0 Å². The molecule has 1 aliphatic carbocycles. The molecule has 2 aliphatic rings. The minimum atomic E-state index is -0.420. The minimum absolute atomic E-state index is 0.245. The van der Waals surface area contributed by atoms with Gasteiger partial charge >= 0.3 is 0 Å². The standard InChI is InChI=1S/C32H26O2/c1-32(20-8-12-23-11-4-7-15-26(23)32)31-33-27-18-16-21-9-2-5-13-24(21)29(27)30-25-14-6-3-10-22(25)17-19-28(30)34-31/h2-7,9-11,13-19,31H,8,12,20H2,1H3. The molecule has 0 radical (unpaired) electrons. The first-order chi connectivity index (χ1) is 16.7. The molecular weight excluding hydrogens is 416 g/mol. The van der Waals surface area contributed by atoms with E-state index in [0.717, 1.165) is 41.9 Å². The Kier molecular flexibility index (Phi) is 4.26. The molecule has 0 bridgehead atoms. The zero-order chi connectivity index (χ0) is 22.7. The number of ether oxygens (including phenoxy) is 2. The summed E-state index contributed by atoms with van der Waals surface area (Å²) in [4.78, 5) is 0. The van der Waals surface area contributed by atoms with Crippen LogP contribution in [0.1, 0.15) is 30.9 Å². The summed E-state index contributed by atoms with van der Waals surface area (Å²) >= 11 is 0. The fourth-order valence-electron chi connectivity index (χ4n) is 6.05. The lowest BCUT2D eigenvalue weighted by Crippen LogP contribution is -2.46. The lowest BCUT2D eigenvalue weighted by atomic mass is 9.70. The quantitative estimate of drug-likeness (QED) is 0.261. The Balaban J connectivity index is 1.52. The zero-order valence-corrected chi connectivity index (χ0v) is 19.3. The van der Waals surface area contributed by atoms with E-state index in [1.54, 1.807) is 0 Å². The van der Waals surface area contributed by atoms with Crippen molar-refractivity contribution in [1.29, 1.82) is 0 Å². The molecule has 0 spiro atoms. The summed E-state index contributed by atoms with van der Waals surface area (Å²) in [5, 5.41) is 4.79. The summed E-state index contributed by atoms with van der Waals surface area (Å²) in [5.41, 5.74) is 4.76. The highest BCUT2D eigenvalue weighted by molar-refractivity contribution is 6.09. The topological polar surface area (TPSA) is 18.5 Å². The van der Waals surface area contributed by atoms with Crippen LogP contribution in [0.2, 0.25) is 0 Å². The summed E-state index contributed by atoms with van der Waals surface area (Å²) in [6, 6.07) is 34.5. The molecular formula is C32H26O2. The first kappa shape index (κ1) is 19.7. The molecule has 0 fully saturated rings. The zero-order valence-electron chi connectivity index (χ0n) is 19.3. The van der Waals surface area contributed by atoms with Gasteiger partial charge < -0.3 is 9.47 Å². The second kappa shape index (κ2) is 7.36. The van der Waals surface area contributed by atoms with Crippen molar-refractivity contribution < 1.29 is 9.47 Å². The van der Waals surface area contributed by atoms with Gasteiger partial charge in [-0.3, -0.25) is 0 Å². The Labute approximate surface area is 199 Å². The van der Waals surface area contributed by atoms with E-state index in [4.69, 9.17) is 9.47 Å². The van der Waals surface area contributed by atoms with E-state index in [9.17, 15) is 0 Å². The molecule has 0 aromatic heterocycles. The van der Waals surface area contributed by atoms with Gasteiger partial charge in [0.05, 0.1) is 5.41 Å². The molecule has 166 valence electrons. The van der Waals surface area contributed by atoms with Crippen molar-refractivity contribution in [2.75, 3.05) is 0 Å². The molecule has 0 saturated carbocycles. The predicted molar refractivity (Wildman–Crippen MR) is 139 cm³/mol. The van der Waals surface area contributed by atoms with E-state index < -0.39 is 6.29 Å². The largest absolute Gasteiger partial charge is 0.453 e. The normalized spacial score (nSPS) is 19.4. The summed E-state index contributed by atoms with van der Waals surface area (Å²) in [7, 11) is 0. The van der Waals surface area contributed by atoms with Gasteiger partial charge in [0, 0.05) is 11.1 Å². The van der Waals surface area contributed by atoms with Crippen LogP contribution in [0, 0.1) is 0 Å². The van der Waals surface area contributed by atoms with Crippen LogP contribution in [-0.2, 0) is 11.8 Å². The number of hydrogen-bond donors (Lipinski definition) is 0. The van der Waals surface area contributed by atoms with Crippen molar-refractivity contribution in [1.82, 2.24) is 0 Å². The van der Waals surface area contributed by atoms with Crippen molar-refractivity contribution in [3.8, 4) is 22.6 Å². The molecule has 2 nitrogen and oxygen atoms in total. The van der Waals surface area contributed by atoms with Crippen LogP contribution < -0.4 is 9.47 Å². The summed E-state index contributed by atoms with van der Waals surface area (Å²) in [5.74, 6) is 1.78. The Morgan fingerprint density at radius 3 is 1.85 bits per heavy atom. The molecule has 1 heterocycles. The van der Waals surface area contributed by atoms with Gasteiger partial charge in [0.2, 0.25) is 6.29 Å². The third-order valence-corrected chi connectivity index (χ3v) is 7.79. The van der Waals surface area contributed by atoms with Gasteiger partial charge in [-0.05, 0) is 71.0 Å².